The molecule has 0 unspecified atom stereocenters. The zero-order valence-corrected chi connectivity index (χ0v) is 8.96. The molecular formula is C7H10N2O9. The van der Waals surface area contributed by atoms with Gasteiger partial charge in [-0.2, -0.15) is 0 Å². The van der Waals surface area contributed by atoms with Gasteiger partial charge in [-0.1, -0.05) is 0 Å². The maximum absolute atomic E-state index is 10.4. The van der Waals surface area contributed by atoms with E-state index in [1.807, 2.05) is 0 Å². The molecule has 102 valence electrons. The Kier molecular flexibility index (Phi) is 3.19. The summed E-state index contributed by atoms with van der Waals surface area (Å²) in [5.74, 6) is 0. The molecule has 18 heavy (non-hydrogen) atoms. The van der Waals surface area contributed by atoms with Gasteiger partial charge in [0.1, 0.15) is 12.2 Å². The first-order valence-electron chi connectivity index (χ1n) is 4.97. The molecule has 0 saturated carbocycles. The molecule has 0 spiro atoms. The van der Waals surface area contributed by atoms with Crippen molar-refractivity contribution in [2.24, 2.45) is 0 Å². The standard InChI is InChI=1S/C7H10N2O9/c10-2-7(18-9(13)14)3-16-5-4(17-8(11)12)1-15-6(5)7/h4-6,10H,1-3H2/t4-,5-,6+,7-/m1/s1. The van der Waals surface area contributed by atoms with Crippen LogP contribution < -0.4 is 0 Å². The fourth-order valence-corrected chi connectivity index (χ4v) is 2.14. The van der Waals surface area contributed by atoms with E-state index in [-0.39, 0.29) is 13.2 Å². The highest BCUT2D eigenvalue weighted by Crippen LogP contribution is 2.37. The van der Waals surface area contributed by atoms with Crippen LogP contribution >= 0.6 is 0 Å². The van der Waals surface area contributed by atoms with Crippen molar-refractivity contribution >= 4 is 0 Å². The normalized spacial score (nSPS) is 38.2. The van der Waals surface area contributed by atoms with Crippen LogP contribution in [0.15, 0.2) is 0 Å². The molecule has 0 aromatic heterocycles. The minimum atomic E-state index is -1.66. The third-order valence-corrected chi connectivity index (χ3v) is 2.89. The lowest BCUT2D eigenvalue weighted by atomic mass is 9.97. The Hall–Kier alpha value is -1.72. The Morgan fingerprint density at radius 1 is 1.33 bits per heavy atom. The molecule has 1 N–H and O–H groups in total. The van der Waals surface area contributed by atoms with Gasteiger partial charge in [-0.15, -0.1) is 20.2 Å². The summed E-state index contributed by atoms with van der Waals surface area (Å²) in [5.41, 5.74) is -1.66. The number of hydrogen-bond donors (Lipinski definition) is 1. The molecule has 0 bridgehead atoms. The van der Waals surface area contributed by atoms with E-state index >= 15 is 0 Å². The third kappa shape index (κ3) is 2.02. The van der Waals surface area contributed by atoms with Gasteiger partial charge in [-0.25, -0.2) is 0 Å². The van der Waals surface area contributed by atoms with Crippen LogP contribution in [0.2, 0.25) is 0 Å². The van der Waals surface area contributed by atoms with Gasteiger partial charge in [0.2, 0.25) is 0 Å². The van der Waals surface area contributed by atoms with Crippen molar-refractivity contribution in [3.05, 3.63) is 20.2 Å². The summed E-state index contributed by atoms with van der Waals surface area (Å²) >= 11 is 0. The Morgan fingerprint density at radius 2 is 2.06 bits per heavy atom. The van der Waals surface area contributed by atoms with E-state index in [1.165, 1.54) is 0 Å². The predicted octanol–water partition coefficient (Wildman–Crippen LogP) is -1.70. The summed E-state index contributed by atoms with van der Waals surface area (Å²) in [6, 6.07) is 0. The largest absolute Gasteiger partial charge is 0.394 e. The number of nitrogens with zero attached hydrogens (tertiary/aromatic N) is 2. The Balaban J connectivity index is 2.11. The average Bonchev–Trinajstić information content (AvgIpc) is 2.81. The second-order valence-corrected chi connectivity index (χ2v) is 3.93. The molecule has 0 aliphatic carbocycles. The van der Waals surface area contributed by atoms with Crippen LogP contribution in [0.3, 0.4) is 0 Å². The number of aliphatic hydroxyl groups is 1. The Bertz CT molecular complexity index is 363. The van der Waals surface area contributed by atoms with Gasteiger partial charge in [0.25, 0.3) is 10.2 Å². The van der Waals surface area contributed by atoms with E-state index in [9.17, 15) is 25.3 Å². The summed E-state index contributed by atoms with van der Waals surface area (Å²) in [4.78, 5) is 29.4. The van der Waals surface area contributed by atoms with Gasteiger partial charge in [0, 0.05) is 0 Å². The minimum Gasteiger partial charge on any atom is -0.394 e. The molecule has 0 aromatic rings. The van der Waals surface area contributed by atoms with E-state index in [0.29, 0.717) is 0 Å². The highest BCUT2D eigenvalue weighted by molar-refractivity contribution is 5.04. The Labute approximate surface area is 99.4 Å². The van der Waals surface area contributed by atoms with Crippen LogP contribution in [0, 0.1) is 20.2 Å². The summed E-state index contributed by atoms with van der Waals surface area (Å²) in [6.45, 7) is -1.18. The van der Waals surface area contributed by atoms with E-state index in [4.69, 9.17) is 9.47 Å². The summed E-state index contributed by atoms with van der Waals surface area (Å²) < 4.78 is 10.3. The number of aliphatic hydroxyl groups excluding tert-OH is 1. The monoisotopic (exact) mass is 266 g/mol. The van der Waals surface area contributed by atoms with Crippen molar-refractivity contribution in [3.8, 4) is 0 Å². The Morgan fingerprint density at radius 3 is 2.61 bits per heavy atom. The molecule has 11 nitrogen and oxygen atoms in total. The first-order valence-corrected chi connectivity index (χ1v) is 4.97. The van der Waals surface area contributed by atoms with Crippen LogP contribution in [-0.4, -0.2) is 59.0 Å². The van der Waals surface area contributed by atoms with Gasteiger partial charge >= 0.3 is 0 Å². The lowest BCUT2D eigenvalue weighted by Crippen LogP contribution is -2.50. The zero-order valence-electron chi connectivity index (χ0n) is 8.96. The summed E-state index contributed by atoms with van der Waals surface area (Å²) in [7, 11) is 0. The smallest absolute Gasteiger partial charge is 0.295 e. The fraction of sp³-hybridized carbons (Fsp3) is 1.00. The topological polar surface area (TPSA) is 143 Å². The van der Waals surface area contributed by atoms with Gasteiger partial charge < -0.3 is 19.4 Å². The van der Waals surface area contributed by atoms with Crippen molar-refractivity contribution in [1.82, 2.24) is 0 Å². The van der Waals surface area contributed by atoms with Crippen LogP contribution in [0.5, 0.6) is 0 Å². The highest BCUT2D eigenvalue weighted by Gasteiger charge is 2.60. The quantitative estimate of drug-likeness (QED) is 0.454. The highest BCUT2D eigenvalue weighted by atomic mass is 17.0. The second kappa shape index (κ2) is 4.51. The predicted molar refractivity (Wildman–Crippen MR) is 49.2 cm³/mol. The van der Waals surface area contributed by atoms with E-state index < -0.39 is 40.7 Å². The van der Waals surface area contributed by atoms with Crippen LogP contribution in [0.4, 0.5) is 0 Å². The number of ether oxygens (including phenoxy) is 2. The van der Waals surface area contributed by atoms with Crippen molar-refractivity contribution < 1.29 is 34.4 Å². The van der Waals surface area contributed by atoms with Crippen LogP contribution in [0.1, 0.15) is 0 Å². The fourth-order valence-electron chi connectivity index (χ4n) is 2.14. The van der Waals surface area contributed by atoms with Gasteiger partial charge in [-0.05, 0) is 0 Å². The first kappa shape index (κ1) is 12.7. The lowest BCUT2D eigenvalue weighted by molar-refractivity contribution is -0.783. The average molecular weight is 266 g/mol. The van der Waals surface area contributed by atoms with Crippen LogP contribution in [-0.2, 0) is 19.1 Å². The minimum absolute atomic E-state index is 0.168. The number of fused-ring (bicyclic) bond motifs is 1. The van der Waals surface area contributed by atoms with Gasteiger partial charge in [-0.3, -0.25) is 4.84 Å². The molecule has 11 heteroatoms. The maximum Gasteiger partial charge on any atom is 0.295 e. The molecule has 0 aromatic carbocycles. The summed E-state index contributed by atoms with van der Waals surface area (Å²) in [5, 5.41) is 27.8. The molecule has 0 radical (unpaired) electrons. The lowest BCUT2D eigenvalue weighted by Gasteiger charge is -2.27. The van der Waals surface area contributed by atoms with Crippen molar-refractivity contribution in [1.29, 1.82) is 0 Å². The number of hydrogen-bond acceptors (Lipinski definition) is 9. The molecule has 0 amide bonds. The number of rotatable bonds is 5. The van der Waals surface area contributed by atoms with E-state index in [1.54, 1.807) is 0 Å². The van der Waals surface area contributed by atoms with Crippen LogP contribution in [0.25, 0.3) is 0 Å². The SMILES string of the molecule is O=[N+]([O-])O[C@@H]1CO[C@H]2[C@@H]1OC[C@@]2(CO)O[N+](=O)[O-]. The van der Waals surface area contributed by atoms with Crippen molar-refractivity contribution in [2.45, 2.75) is 23.9 Å². The summed E-state index contributed by atoms with van der Waals surface area (Å²) in [6.07, 6.45) is -2.87. The molecule has 2 aliphatic heterocycles. The molecular weight excluding hydrogens is 256 g/mol. The second-order valence-electron chi connectivity index (χ2n) is 3.93. The third-order valence-electron chi connectivity index (χ3n) is 2.89. The van der Waals surface area contributed by atoms with Crippen molar-refractivity contribution in [2.75, 3.05) is 19.8 Å². The molecule has 2 heterocycles. The zero-order chi connectivity index (χ0) is 13.3. The maximum atomic E-state index is 10.4. The van der Waals surface area contributed by atoms with Gasteiger partial charge in [0.05, 0.1) is 19.8 Å². The van der Waals surface area contributed by atoms with E-state index in [0.717, 1.165) is 0 Å². The van der Waals surface area contributed by atoms with Gasteiger partial charge in [0.15, 0.2) is 11.7 Å². The molecule has 2 rings (SSSR count). The first-order chi connectivity index (χ1) is 8.48. The molecule has 2 saturated heterocycles. The van der Waals surface area contributed by atoms with Crippen molar-refractivity contribution in [3.63, 3.8) is 0 Å². The molecule has 4 atom stereocenters. The van der Waals surface area contributed by atoms with E-state index in [2.05, 4.69) is 9.68 Å². The molecule has 2 fully saturated rings. The molecule has 2 aliphatic rings.